The molecule has 0 aliphatic carbocycles. The molecule has 1 unspecified atom stereocenters. The van der Waals surface area contributed by atoms with E-state index in [0.717, 1.165) is 43.3 Å². The molecular formula is C22H29ClN2O2. The van der Waals surface area contributed by atoms with Gasteiger partial charge in [-0.3, -0.25) is 9.80 Å². The van der Waals surface area contributed by atoms with Crippen molar-refractivity contribution in [3.8, 4) is 0 Å². The summed E-state index contributed by atoms with van der Waals surface area (Å²) in [4.78, 5) is 4.99. The molecule has 0 aromatic heterocycles. The Morgan fingerprint density at radius 1 is 1.00 bits per heavy atom. The molecule has 0 saturated carbocycles. The smallest absolute Gasteiger partial charge is 0.0698 e. The summed E-state index contributed by atoms with van der Waals surface area (Å²) in [5, 5.41) is 9.62. The molecule has 4 nitrogen and oxygen atoms in total. The van der Waals surface area contributed by atoms with Gasteiger partial charge in [-0.15, -0.1) is 0 Å². The molecule has 146 valence electrons. The molecule has 2 aromatic carbocycles. The number of halogens is 1. The normalized spacial score (nSPS) is 17.1. The second-order valence-corrected chi connectivity index (χ2v) is 7.44. The lowest BCUT2D eigenvalue weighted by molar-refractivity contribution is 0.0522. The van der Waals surface area contributed by atoms with Gasteiger partial charge in [-0.05, 0) is 29.7 Å². The summed E-state index contributed by atoms with van der Waals surface area (Å²) in [6.07, 6.45) is 0. The molecule has 2 aromatic rings. The van der Waals surface area contributed by atoms with Gasteiger partial charge in [-0.25, -0.2) is 0 Å². The zero-order valence-corrected chi connectivity index (χ0v) is 16.7. The Morgan fingerprint density at radius 2 is 1.74 bits per heavy atom. The van der Waals surface area contributed by atoms with Crippen molar-refractivity contribution in [1.29, 1.82) is 0 Å². The summed E-state index contributed by atoms with van der Waals surface area (Å²) in [6, 6.07) is 17.3. The number of hydrogen-bond acceptors (Lipinski definition) is 4. The van der Waals surface area contributed by atoms with Crippen LogP contribution in [0.5, 0.6) is 0 Å². The van der Waals surface area contributed by atoms with Crippen LogP contribution >= 0.6 is 11.6 Å². The van der Waals surface area contributed by atoms with E-state index in [4.69, 9.17) is 21.4 Å². The summed E-state index contributed by atoms with van der Waals surface area (Å²) in [5.74, 6) is 0. The Hall–Kier alpha value is -1.43. The Bertz CT molecular complexity index is 703. The number of benzene rings is 2. The fraction of sp³-hybridized carbons (Fsp3) is 0.455. The summed E-state index contributed by atoms with van der Waals surface area (Å²) < 4.78 is 5.41. The van der Waals surface area contributed by atoms with Gasteiger partial charge in [0.05, 0.1) is 25.9 Å². The Balaban J connectivity index is 1.70. The predicted molar refractivity (Wildman–Crippen MR) is 110 cm³/mol. The fourth-order valence-corrected chi connectivity index (χ4v) is 3.81. The van der Waals surface area contributed by atoms with E-state index in [1.807, 2.05) is 6.07 Å². The van der Waals surface area contributed by atoms with E-state index >= 15 is 0 Å². The van der Waals surface area contributed by atoms with Gasteiger partial charge in [0, 0.05) is 37.7 Å². The number of nitrogens with zero attached hydrogens (tertiary/aromatic N) is 2. The molecule has 0 bridgehead atoms. The standard InChI is InChI=1S/C22H29ClN2O2/c1-18-17-20(7-8-21(18)23)22(19-5-3-2-4-6-19)25-11-9-24(10-12-25)13-15-27-16-14-26/h2-8,17,22,26H,9-16H2,1H3. The van der Waals surface area contributed by atoms with E-state index in [1.54, 1.807) is 0 Å². The van der Waals surface area contributed by atoms with Gasteiger partial charge < -0.3 is 9.84 Å². The van der Waals surface area contributed by atoms with Crippen LogP contribution in [0.4, 0.5) is 0 Å². The molecule has 1 N–H and O–H groups in total. The molecule has 1 aliphatic rings. The quantitative estimate of drug-likeness (QED) is 0.703. The molecule has 0 spiro atoms. The third-order valence-electron chi connectivity index (χ3n) is 5.17. The van der Waals surface area contributed by atoms with Gasteiger partial charge >= 0.3 is 0 Å². The van der Waals surface area contributed by atoms with Gasteiger partial charge in [0.25, 0.3) is 0 Å². The van der Waals surface area contributed by atoms with Gasteiger partial charge in [-0.2, -0.15) is 0 Å². The Labute approximate surface area is 167 Å². The summed E-state index contributed by atoms with van der Waals surface area (Å²) in [6.45, 7) is 8.26. The first kappa shape index (κ1) is 20.3. The van der Waals surface area contributed by atoms with Crippen LogP contribution in [0.1, 0.15) is 22.7 Å². The van der Waals surface area contributed by atoms with Crippen LogP contribution in [0.15, 0.2) is 48.5 Å². The monoisotopic (exact) mass is 388 g/mol. The zero-order valence-electron chi connectivity index (χ0n) is 16.0. The summed E-state index contributed by atoms with van der Waals surface area (Å²) >= 11 is 6.26. The minimum Gasteiger partial charge on any atom is -0.394 e. The van der Waals surface area contributed by atoms with E-state index < -0.39 is 0 Å². The largest absolute Gasteiger partial charge is 0.394 e. The number of aliphatic hydroxyl groups is 1. The second-order valence-electron chi connectivity index (χ2n) is 7.04. The fourth-order valence-electron chi connectivity index (χ4n) is 3.69. The molecule has 0 amide bonds. The molecular weight excluding hydrogens is 360 g/mol. The number of piperazine rings is 1. The number of ether oxygens (including phenoxy) is 1. The van der Waals surface area contributed by atoms with E-state index in [2.05, 4.69) is 59.2 Å². The molecule has 5 heteroatoms. The van der Waals surface area contributed by atoms with Crippen molar-refractivity contribution >= 4 is 11.6 Å². The van der Waals surface area contributed by atoms with E-state index in [1.165, 1.54) is 11.1 Å². The predicted octanol–water partition coefficient (Wildman–Crippen LogP) is 3.36. The molecule has 0 radical (unpaired) electrons. The van der Waals surface area contributed by atoms with Crippen molar-refractivity contribution in [2.24, 2.45) is 0 Å². The lowest BCUT2D eigenvalue weighted by atomic mass is 9.95. The summed E-state index contributed by atoms with van der Waals surface area (Å²) in [7, 11) is 0. The molecule has 1 saturated heterocycles. The maximum Gasteiger partial charge on any atom is 0.0698 e. The first-order valence-corrected chi connectivity index (χ1v) is 10.0. The van der Waals surface area contributed by atoms with Crippen LogP contribution in [-0.2, 0) is 4.74 Å². The SMILES string of the molecule is Cc1cc(C(c2ccccc2)N2CCN(CCOCCO)CC2)ccc1Cl. The number of aliphatic hydroxyl groups excluding tert-OH is 1. The average Bonchev–Trinajstić information content (AvgIpc) is 2.70. The summed E-state index contributed by atoms with van der Waals surface area (Å²) in [5.41, 5.74) is 3.73. The average molecular weight is 389 g/mol. The molecule has 1 heterocycles. The molecule has 3 rings (SSSR count). The van der Waals surface area contributed by atoms with Crippen LogP contribution in [0.25, 0.3) is 0 Å². The first-order valence-electron chi connectivity index (χ1n) is 9.65. The van der Waals surface area contributed by atoms with E-state index in [0.29, 0.717) is 13.2 Å². The molecule has 1 fully saturated rings. The highest BCUT2D eigenvalue weighted by Gasteiger charge is 2.26. The second kappa shape index (κ2) is 10.2. The Kier molecular flexibility index (Phi) is 7.68. The van der Waals surface area contributed by atoms with Gasteiger partial charge in [0.2, 0.25) is 0 Å². The maximum atomic E-state index is 8.80. The van der Waals surface area contributed by atoms with Crippen LogP contribution in [-0.4, -0.2) is 67.5 Å². The minimum absolute atomic E-state index is 0.0903. The molecule has 1 atom stereocenters. The highest BCUT2D eigenvalue weighted by Crippen LogP contribution is 2.31. The van der Waals surface area contributed by atoms with E-state index in [9.17, 15) is 0 Å². The van der Waals surface area contributed by atoms with Crippen LogP contribution in [0.2, 0.25) is 5.02 Å². The van der Waals surface area contributed by atoms with Crippen molar-refractivity contribution in [3.63, 3.8) is 0 Å². The topological polar surface area (TPSA) is 35.9 Å². The van der Waals surface area contributed by atoms with Crippen molar-refractivity contribution in [2.75, 3.05) is 52.5 Å². The third-order valence-corrected chi connectivity index (χ3v) is 5.60. The highest BCUT2D eigenvalue weighted by atomic mass is 35.5. The van der Waals surface area contributed by atoms with Crippen molar-refractivity contribution in [1.82, 2.24) is 9.80 Å². The zero-order chi connectivity index (χ0) is 19.1. The van der Waals surface area contributed by atoms with E-state index in [-0.39, 0.29) is 12.6 Å². The van der Waals surface area contributed by atoms with Gasteiger partial charge in [-0.1, -0.05) is 54.1 Å². The molecule has 27 heavy (non-hydrogen) atoms. The number of rotatable bonds is 8. The maximum absolute atomic E-state index is 8.80. The third kappa shape index (κ3) is 5.53. The van der Waals surface area contributed by atoms with Gasteiger partial charge in [0.15, 0.2) is 0 Å². The lowest BCUT2D eigenvalue weighted by Gasteiger charge is -2.40. The number of aryl methyl sites for hydroxylation is 1. The van der Waals surface area contributed by atoms with Gasteiger partial charge in [0.1, 0.15) is 0 Å². The minimum atomic E-state index is 0.0903. The highest BCUT2D eigenvalue weighted by molar-refractivity contribution is 6.31. The Morgan fingerprint density at radius 3 is 2.41 bits per heavy atom. The molecule has 1 aliphatic heterocycles. The first-order chi connectivity index (χ1) is 13.2. The van der Waals surface area contributed by atoms with Crippen molar-refractivity contribution in [3.05, 3.63) is 70.2 Å². The lowest BCUT2D eigenvalue weighted by Crippen LogP contribution is -2.48. The van der Waals surface area contributed by atoms with Crippen molar-refractivity contribution in [2.45, 2.75) is 13.0 Å². The van der Waals surface area contributed by atoms with Crippen molar-refractivity contribution < 1.29 is 9.84 Å². The number of hydrogen-bond donors (Lipinski definition) is 1. The van der Waals surface area contributed by atoms with Crippen LogP contribution in [0.3, 0.4) is 0 Å². The van der Waals surface area contributed by atoms with Crippen LogP contribution < -0.4 is 0 Å². The van der Waals surface area contributed by atoms with Crippen LogP contribution in [0, 0.1) is 6.92 Å².